The molecule has 3 heterocycles. The molecule has 7 heteroatoms. The van der Waals surface area contributed by atoms with E-state index in [1.54, 1.807) is 18.6 Å². The first-order valence-corrected chi connectivity index (χ1v) is 5.21. The van der Waals surface area contributed by atoms with Crippen molar-refractivity contribution in [2.45, 2.75) is 13.1 Å². The summed E-state index contributed by atoms with van der Waals surface area (Å²) in [4.78, 5) is 10.3. The van der Waals surface area contributed by atoms with E-state index in [1.165, 1.54) is 0 Å². The van der Waals surface area contributed by atoms with Crippen LogP contribution in [0.25, 0.3) is 0 Å². The van der Waals surface area contributed by atoms with Crippen LogP contribution in [0.1, 0.15) is 11.5 Å². The Bertz CT molecular complexity index is 582. The van der Waals surface area contributed by atoms with Gasteiger partial charge in [0.1, 0.15) is 18.1 Å². The SMILES string of the molecule is N#Cc1ccnc(N2CCn3cnnc3C2)n1. The second kappa shape index (κ2) is 3.83. The molecule has 7 nitrogen and oxygen atoms in total. The fraction of sp³-hybridized carbons (Fsp3) is 0.300. The first-order valence-electron chi connectivity index (χ1n) is 5.21. The van der Waals surface area contributed by atoms with E-state index in [0.717, 1.165) is 18.9 Å². The van der Waals surface area contributed by atoms with Gasteiger partial charge in [-0.15, -0.1) is 10.2 Å². The van der Waals surface area contributed by atoms with E-state index in [1.807, 2.05) is 15.5 Å². The molecule has 0 N–H and O–H groups in total. The third-order valence-electron chi connectivity index (χ3n) is 2.68. The van der Waals surface area contributed by atoms with Crippen LogP contribution in [0, 0.1) is 11.3 Å². The van der Waals surface area contributed by atoms with E-state index < -0.39 is 0 Å². The van der Waals surface area contributed by atoms with Gasteiger partial charge in [-0.05, 0) is 6.07 Å². The predicted octanol–water partition coefficient (Wildman–Crippen LogP) is -0.0400. The highest BCUT2D eigenvalue weighted by Gasteiger charge is 2.19. The number of fused-ring (bicyclic) bond motifs is 1. The zero-order valence-electron chi connectivity index (χ0n) is 8.98. The van der Waals surface area contributed by atoms with Gasteiger partial charge in [0.05, 0.1) is 6.54 Å². The lowest BCUT2D eigenvalue weighted by atomic mass is 10.3. The fourth-order valence-corrected chi connectivity index (χ4v) is 1.80. The van der Waals surface area contributed by atoms with Crippen molar-refractivity contribution >= 4 is 5.95 Å². The molecule has 0 amide bonds. The van der Waals surface area contributed by atoms with E-state index in [2.05, 4.69) is 20.2 Å². The number of anilines is 1. The van der Waals surface area contributed by atoms with Crippen LogP contribution in [0.5, 0.6) is 0 Å². The average Bonchev–Trinajstić information content (AvgIpc) is 2.86. The minimum absolute atomic E-state index is 0.377. The quantitative estimate of drug-likeness (QED) is 0.679. The largest absolute Gasteiger partial charge is 0.331 e. The molecule has 0 unspecified atom stereocenters. The summed E-state index contributed by atoms with van der Waals surface area (Å²) in [6.45, 7) is 2.22. The summed E-state index contributed by atoms with van der Waals surface area (Å²) < 4.78 is 2.00. The second-order valence-corrected chi connectivity index (χ2v) is 3.72. The van der Waals surface area contributed by atoms with Crippen molar-refractivity contribution in [3.63, 3.8) is 0 Å². The molecule has 84 valence electrons. The highest BCUT2D eigenvalue weighted by molar-refractivity contribution is 5.34. The highest BCUT2D eigenvalue weighted by atomic mass is 15.3. The molecule has 1 aliphatic rings. The van der Waals surface area contributed by atoms with Gasteiger partial charge in [0.25, 0.3) is 0 Å². The van der Waals surface area contributed by atoms with Gasteiger partial charge in [-0.1, -0.05) is 0 Å². The monoisotopic (exact) mass is 227 g/mol. The van der Waals surface area contributed by atoms with Gasteiger partial charge in [0.2, 0.25) is 5.95 Å². The number of hydrogen-bond donors (Lipinski definition) is 0. The van der Waals surface area contributed by atoms with Crippen LogP contribution >= 0.6 is 0 Å². The Kier molecular flexibility index (Phi) is 2.19. The van der Waals surface area contributed by atoms with Gasteiger partial charge in [-0.3, -0.25) is 0 Å². The Morgan fingerprint density at radius 1 is 1.35 bits per heavy atom. The molecule has 0 radical (unpaired) electrons. The third-order valence-corrected chi connectivity index (χ3v) is 2.68. The van der Waals surface area contributed by atoms with Crippen LogP contribution in [0.4, 0.5) is 5.95 Å². The summed E-state index contributed by atoms with van der Waals surface area (Å²) in [7, 11) is 0. The molecule has 0 bridgehead atoms. The van der Waals surface area contributed by atoms with E-state index in [9.17, 15) is 0 Å². The van der Waals surface area contributed by atoms with Crippen LogP contribution in [-0.4, -0.2) is 31.3 Å². The maximum Gasteiger partial charge on any atom is 0.227 e. The molecule has 1 aliphatic heterocycles. The Morgan fingerprint density at radius 3 is 3.18 bits per heavy atom. The van der Waals surface area contributed by atoms with Crippen molar-refractivity contribution < 1.29 is 0 Å². The van der Waals surface area contributed by atoms with Crippen molar-refractivity contribution in [1.29, 1.82) is 5.26 Å². The molecule has 0 aliphatic carbocycles. The van der Waals surface area contributed by atoms with Crippen LogP contribution in [0.3, 0.4) is 0 Å². The van der Waals surface area contributed by atoms with Crippen molar-refractivity contribution in [3.8, 4) is 6.07 Å². The zero-order valence-corrected chi connectivity index (χ0v) is 8.98. The summed E-state index contributed by atoms with van der Waals surface area (Å²) in [5.74, 6) is 1.46. The highest BCUT2D eigenvalue weighted by Crippen LogP contribution is 2.15. The number of aromatic nitrogens is 5. The number of hydrogen-bond acceptors (Lipinski definition) is 6. The molecule has 0 saturated heterocycles. The Balaban J connectivity index is 1.89. The molecule has 17 heavy (non-hydrogen) atoms. The lowest BCUT2D eigenvalue weighted by molar-refractivity contribution is 0.551. The summed E-state index contributed by atoms with van der Waals surface area (Å²) in [6, 6.07) is 3.60. The first kappa shape index (κ1) is 9.72. The topological polar surface area (TPSA) is 83.5 Å². The van der Waals surface area contributed by atoms with Crippen molar-refractivity contribution in [2.75, 3.05) is 11.4 Å². The Morgan fingerprint density at radius 2 is 2.29 bits per heavy atom. The first-order chi connectivity index (χ1) is 8.36. The molecule has 2 aromatic rings. The van der Waals surface area contributed by atoms with Crippen LogP contribution < -0.4 is 4.90 Å². The standard InChI is InChI=1S/C10H9N7/c11-5-8-1-2-12-10(14-8)16-3-4-17-7-13-15-9(17)6-16/h1-2,7H,3-4,6H2. The van der Waals surface area contributed by atoms with Gasteiger partial charge in [0, 0.05) is 19.3 Å². The van der Waals surface area contributed by atoms with Crippen molar-refractivity contribution in [3.05, 3.63) is 30.1 Å². The van der Waals surface area contributed by atoms with Crippen LogP contribution in [0.15, 0.2) is 18.6 Å². The van der Waals surface area contributed by atoms with E-state index in [-0.39, 0.29) is 0 Å². The van der Waals surface area contributed by atoms with E-state index in [0.29, 0.717) is 18.2 Å². The minimum Gasteiger partial charge on any atom is -0.331 e. The molecule has 0 spiro atoms. The smallest absolute Gasteiger partial charge is 0.227 e. The van der Waals surface area contributed by atoms with Crippen LogP contribution in [-0.2, 0) is 13.1 Å². The molecule has 0 aromatic carbocycles. The summed E-state index contributed by atoms with van der Waals surface area (Å²) >= 11 is 0. The number of nitriles is 1. The summed E-state index contributed by atoms with van der Waals surface area (Å²) in [6.07, 6.45) is 3.32. The molecule has 3 rings (SSSR count). The lowest BCUT2D eigenvalue weighted by Gasteiger charge is -2.26. The minimum atomic E-state index is 0.377. The second-order valence-electron chi connectivity index (χ2n) is 3.72. The van der Waals surface area contributed by atoms with Crippen LogP contribution in [0.2, 0.25) is 0 Å². The normalized spacial score (nSPS) is 14.2. The van der Waals surface area contributed by atoms with Gasteiger partial charge in [0.15, 0.2) is 5.82 Å². The average molecular weight is 227 g/mol. The molecule has 0 fully saturated rings. The Hall–Kier alpha value is -2.49. The number of rotatable bonds is 1. The Labute approximate surface area is 97.4 Å². The maximum atomic E-state index is 8.80. The van der Waals surface area contributed by atoms with Gasteiger partial charge >= 0.3 is 0 Å². The maximum absolute atomic E-state index is 8.80. The molecule has 0 atom stereocenters. The molecule has 0 saturated carbocycles. The van der Waals surface area contributed by atoms with Gasteiger partial charge < -0.3 is 9.47 Å². The summed E-state index contributed by atoms with van der Waals surface area (Å²) in [5.41, 5.74) is 0.377. The summed E-state index contributed by atoms with van der Waals surface area (Å²) in [5, 5.41) is 16.7. The van der Waals surface area contributed by atoms with Crippen molar-refractivity contribution in [1.82, 2.24) is 24.7 Å². The van der Waals surface area contributed by atoms with Gasteiger partial charge in [-0.2, -0.15) is 5.26 Å². The van der Waals surface area contributed by atoms with Gasteiger partial charge in [-0.25, -0.2) is 9.97 Å². The van der Waals surface area contributed by atoms with E-state index >= 15 is 0 Å². The molecular formula is C10H9N7. The molecule has 2 aromatic heterocycles. The molecular weight excluding hydrogens is 218 g/mol. The lowest BCUT2D eigenvalue weighted by Crippen LogP contribution is -2.34. The fourth-order valence-electron chi connectivity index (χ4n) is 1.80. The van der Waals surface area contributed by atoms with Crippen molar-refractivity contribution in [2.24, 2.45) is 0 Å². The third kappa shape index (κ3) is 1.69. The predicted molar refractivity (Wildman–Crippen MR) is 57.8 cm³/mol. The zero-order chi connectivity index (χ0) is 11.7. The van der Waals surface area contributed by atoms with E-state index in [4.69, 9.17) is 5.26 Å². The number of nitrogens with zero attached hydrogens (tertiary/aromatic N) is 7.